The Morgan fingerprint density at radius 1 is 0.762 bits per heavy atom. The Hall–Kier alpha value is -0.910. The van der Waals surface area contributed by atoms with Gasteiger partial charge < -0.3 is 0 Å². The largest absolute Gasteiger partial charge is 0.226 e. The van der Waals surface area contributed by atoms with Gasteiger partial charge in [-0.05, 0) is 36.1 Å². The molecule has 2 aromatic rings. The molecule has 21 heavy (non-hydrogen) atoms. The summed E-state index contributed by atoms with van der Waals surface area (Å²) in [6.07, 6.45) is 1.27. The second kappa shape index (κ2) is 5.07. The predicted molar refractivity (Wildman–Crippen MR) is 88.5 cm³/mol. The van der Waals surface area contributed by atoms with E-state index in [1.807, 2.05) is 48.5 Å². The topological polar surface area (TPSA) is 34.1 Å². The van der Waals surface area contributed by atoms with E-state index in [2.05, 4.69) is 0 Å². The van der Waals surface area contributed by atoms with E-state index in [4.69, 9.17) is 0 Å². The first-order chi connectivity index (χ1) is 10.1. The molecular formula is C16H14O2S3. The molecule has 108 valence electrons. The molecule has 2 unspecified atom stereocenters. The van der Waals surface area contributed by atoms with E-state index < -0.39 is 9.84 Å². The van der Waals surface area contributed by atoms with Gasteiger partial charge in [0.1, 0.15) is 9.16 Å². The van der Waals surface area contributed by atoms with Crippen molar-refractivity contribution in [2.24, 2.45) is 0 Å². The first-order valence-electron chi connectivity index (χ1n) is 6.86. The zero-order chi connectivity index (χ0) is 14.4. The Morgan fingerprint density at radius 2 is 1.19 bits per heavy atom. The van der Waals surface area contributed by atoms with Crippen molar-refractivity contribution in [1.82, 2.24) is 0 Å². The molecule has 2 heterocycles. The second-order valence-electron chi connectivity index (χ2n) is 5.31. The quantitative estimate of drug-likeness (QED) is 0.838. The summed E-state index contributed by atoms with van der Waals surface area (Å²) < 4.78 is 25.2. The van der Waals surface area contributed by atoms with Crippen LogP contribution in [-0.2, 0) is 22.7 Å². The summed E-state index contributed by atoms with van der Waals surface area (Å²) >= 11 is 3.01. The molecule has 0 saturated carbocycles. The van der Waals surface area contributed by atoms with E-state index >= 15 is 0 Å². The molecule has 0 bridgehead atoms. The minimum Gasteiger partial charge on any atom is -0.226 e. The summed E-state index contributed by atoms with van der Waals surface area (Å²) in [5, 5.41) is 0. The van der Waals surface area contributed by atoms with Crippen molar-refractivity contribution >= 4 is 33.4 Å². The van der Waals surface area contributed by atoms with Crippen LogP contribution in [0.3, 0.4) is 0 Å². The number of hydrogen-bond acceptors (Lipinski definition) is 4. The van der Waals surface area contributed by atoms with Gasteiger partial charge in [0, 0.05) is 9.79 Å². The van der Waals surface area contributed by atoms with E-state index in [0.717, 1.165) is 20.9 Å². The Kier molecular flexibility index (Phi) is 3.32. The summed E-state index contributed by atoms with van der Waals surface area (Å²) in [5.74, 6) is 0. The molecule has 2 aliphatic rings. The fraction of sp³-hybridized carbons (Fsp3) is 0.250. The molecule has 0 fully saturated rings. The highest BCUT2D eigenvalue weighted by Crippen LogP contribution is 2.46. The van der Waals surface area contributed by atoms with E-state index in [0.29, 0.717) is 12.8 Å². The third-order valence-corrected chi connectivity index (χ3v) is 10.1. The van der Waals surface area contributed by atoms with Crippen molar-refractivity contribution in [2.75, 3.05) is 0 Å². The summed E-state index contributed by atoms with van der Waals surface area (Å²) in [5.41, 5.74) is 2.33. The molecule has 0 radical (unpaired) electrons. The summed E-state index contributed by atoms with van der Waals surface area (Å²) in [4.78, 5) is 2.23. The van der Waals surface area contributed by atoms with E-state index in [9.17, 15) is 8.42 Å². The summed E-state index contributed by atoms with van der Waals surface area (Å²) in [6.45, 7) is 0. The molecule has 2 nitrogen and oxygen atoms in total. The third kappa shape index (κ3) is 2.31. The molecule has 2 aromatic carbocycles. The van der Waals surface area contributed by atoms with Gasteiger partial charge in [-0.3, -0.25) is 0 Å². The van der Waals surface area contributed by atoms with Crippen molar-refractivity contribution in [3.63, 3.8) is 0 Å². The number of hydrogen-bond donors (Lipinski definition) is 0. The molecule has 2 aliphatic heterocycles. The van der Waals surface area contributed by atoms with Crippen LogP contribution in [0.2, 0.25) is 0 Å². The van der Waals surface area contributed by atoms with E-state index in [-0.39, 0.29) is 9.16 Å². The smallest absolute Gasteiger partial charge is 0.175 e. The maximum atomic E-state index is 12.9. The number of sulfone groups is 1. The summed E-state index contributed by atoms with van der Waals surface area (Å²) in [7, 11) is -3.15. The van der Waals surface area contributed by atoms with Crippen LogP contribution in [-0.4, -0.2) is 17.6 Å². The van der Waals surface area contributed by atoms with Crippen molar-refractivity contribution < 1.29 is 8.42 Å². The Labute approximate surface area is 133 Å². The van der Waals surface area contributed by atoms with Gasteiger partial charge in [-0.1, -0.05) is 36.4 Å². The van der Waals surface area contributed by atoms with Crippen LogP contribution < -0.4 is 0 Å². The zero-order valence-electron chi connectivity index (χ0n) is 11.2. The molecule has 0 amide bonds. The second-order valence-corrected chi connectivity index (χ2v) is 10.7. The van der Waals surface area contributed by atoms with Gasteiger partial charge in [-0.2, -0.15) is 0 Å². The van der Waals surface area contributed by atoms with Gasteiger partial charge >= 0.3 is 0 Å². The molecule has 2 atom stereocenters. The first-order valence-corrected chi connectivity index (χ1v) is 10.2. The van der Waals surface area contributed by atoms with Crippen LogP contribution in [0.1, 0.15) is 11.1 Å². The minimum atomic E-state index is -3.15. The highest BCUT2D eigenvalue weighted by Gasteiger charge is 2.41. The molecule has 0 aromatic heterocycles. The van der Waals surface area contributed by atoms with E-state index in [1.165, 1.54) is 23.5 Å². The van der Waals surface area contributed by atoms with Crippen molar-refractivity contribution in [3.8, 4) is 0 Å². The molecule has 0 spiro atoms. The Morgan fingerprint density at radius 3 is 1.62 bits per heavy atom. The normalized spacial score (nSPS) is 23.8. The van der Waals surface area contributed by atoms with Crippen LogP contribution in [0.15, 0.2) is 58.3 Å². The number of rotatable bonds is 2. The monoisotopic (exact) mass is 334 g/mol. The van der Waals surface area contributed by atoms with E-state index in [1.54, 1.807) is 0 Å². The molecule has 4 rings (SSSR count). The number of benzene rings is 2. The SMILES string of the molecule is O=S(=O)(C1Cc2ccccc2S1)C1Cc2ccccc2S1. The molecule has 0 N–H and O–H groups in total. The Balaban J connectivity index is 1.60. The molecule has 0 aliphatic carbocycles. The highest BCUT2D eigenvalue weighted by molar-refractivity contribution is 8.20. The average Bonchev–Trinajstić information content (AvgIpc) is 3.11. The van der Waals surface area contributed by atoms with Gasteiger partial charge in [-0.15, -0.1) is 23.5 Å². The Bertz CT molecular complexity index is 687. The lowest BCUT2D eigenvalue weighted by Gasteiger charge is -2.15. The zero-order valence-corrected chi connectivity index (χ0v) is 13.7. The lowest BCUT2D eigenvalue weighted by Crippen LogP contribution is -2.27. The van der Waals surface area contributed by atoms with Crippen molar-refractivity contribution in [2.45, 2.75) is 31.8 Å². The predicted octanol–water partition coefficient (Wildman–Crippen LogP) is 3.75. The fourth-order valence-electron chi connectivity index (χ4n) is 2.84. The van der Waals surface area contributed by atoms with Gasteiger partial charge in [0.05, 0.1) is 0 Å². The molecular weight excluding hydrogens is 320 g/mol. The fourth-order valence-corrected chi connectivity index (χ4v) is 8.72. The standard InChI is InChI=1S/C16H14O2S3/c17-21(18,15-9-11-5-1-3-7-13(11)19-15)16-10-12-6-2-4-8-14(12)20-16/h1-8,15-16H,9-10H2. The van der Waals surface area contributed by atoms with Gasteiger partial charge in [0.25, 0.3) is 0 Å². The van der Waals surface area contributed by atoms with Gasteiger partial charge in [0.15, 0.2) is 9.84 Å². The highest BCUT2D eigenvalue weighted by atomic mass is 32.3. The van der Waals surface area contributed by atoms with Gasteiger partial charge in [-0.25, -0.2) is 8.42 Å². The summed E-state index contributed by atoms with van der Waals surface area (Å²) in [6, 6.07) is 16.0. The van der Waals surface area contributed by atoms with Crippen LogP contribution in [0.5, 0.6) is 0 Å². The maximum Gasteiger partial charge on any atom is 0.175 e. The number of fused-ring (bicyclic) bond motifs is 2. The minimum absolute atomic E-state index is 0.332. The van der Waals surface area contributed by atoms with Crippen molar-refractivity contribution in [3.05, 3.63) is 59.7 Å². The average molecular weight is 334 g/mol. The van der Waals surface area contributed by atoms with Crippen LogP contribution >= 0.6 is 23.5 Å². The van der Waals surface area contributed by atoms with Gasteiger partial charge in [0.2, 0.25) is 0 Å². The van der Waals surface area contributed by atoms with Crippen molar-refractivity contribution in [1.29, 1.82) is 0 Å². The van der Waals surface area contributed by atoms with Crippen LogP contribution in [0.4, 0.5) is 0 Å². The molecule has 0 saturated heterocycles. The lowest BCUT2D eigenvalue weighted by atomic mass is 10.2. The third-order valence-electron chi connectivity index (χ3n) is 3.97. The maximum absolute atomic E-state index is 12.9. The number of thioether (sulfide) groups is 2. The lowest BCUT2D eigenvalue weighted by molar-refractivity contribution is 0.589. The first kappa shape index (κ1) is 13.7. The van der Waals surface area contributed by atoms with Crippen LogP contribution in [0, 0.1) is 0 Å². The molecule has 5 heteroatoms. The van der Waals surface area contributed by atoms with Crippen LogP contribution in [0.25, 0.3) is 0 Å².